The summed E-state index contributed by atoms with van der Waals surface area (Å²) in [4.78, 5) is 2.22. The summed E-state index contributed by atoms with van der Waals surface area (Å²) in [5, 5.41) is 13.8. The molecule has 2 aromatic carbocycles. The number of sulfonamides is 1. The minimum Gasteiger partial charge on any atom is -0.507 e. The number of benzene rings is 2. The molecule has 25 heavy (non-hydrogen) atoms. The first kappa shape index (κ1) is 18.6. The lowest BCUT2D eigenvalue weighted by Crippen LogP contribution is -2.20. The number of rotatable bonds is 7. The molecule has 0 bridgehead atoms. The number of nitrogens with one attached hydrogen (secondary N) is 1. The third-order valence-electron chi connectivity index (χ3n) is 3.37. The molecule has 2 aromatic rings. The monoisotopic (exact) mass is 364 g/mol. The van der Waals surface area contributed by atoms with Gasteiger partial charge in [-0.15, -0.1) is 0 Å². The lowest BCUT2D eigenvalue weighted by molar-refractivity contribution is 0.340. The molecule has 7 nitrogen and oxygen atoms in total. The Balaban J connectivity index is 2.18. The standard InChI is InChI=1S/C17H20N2O5S/c1-4-24-13-5-8-15(9-6-13)25(21,22)19-18-12(2)16-10-7-14(23-3)11-17(16)20/h5-11,19-20H,4H2,1-3H3/b18-12+. The van der Waals surface area contributed by atoms with E-state index in [0.29, 0.717) is 29.4 Å². The summed E-state index contributed by atoms with van der Waals surface area (Å²) < 4.78 is 34.8. The van der Waals surface area contributed by atoms with Crippen molar-refractivity contribution in [2.45, 2.75) is 18.7 Å². The number of phenols is 1. The van der Waals surface area contributed by atoms with Gasteiger partial charge in [-0.2, -0.15) is 18.4 Å². The van der Waals surface area contributed by atoms with Gasteiger partial charge in [-0.05, 0) is 50.2 Å². The van der Waals surface area contributed by atoms with Crippen LogP contribution in [-0.4, -0.2) is 33.0 Å². The van der Waals surface area contributed by atoms with Gasteiger partial charge in [0.05, 0.1) is 24.3 Å². The molecule has 134 valence electrons. The molecule has 0 aromatic heterocycles. The predicted molar refractivity (Wildman–Crippen MR) is 94.8 cm³/mol. The molecule has 0 spiro atoms. The minimum absolute atomic E-state index is 0.0548. The molecule has 0 amide bonds. The quantitative estimate of drug-likeness (QED) is 0.581. The Morgan fingerprint density at radius 3 is 2.36 bits per heavy atom. The molecule has 2 rings (SSSR count). The van der Waals surface area contributed by atoms with Crippen molar-refractivity contribution in [3.8, 4) is 17.2 Å². The molecule has 0 radical (unpaired) electrons. The third-order valence-corrected chi connectivity index (χ3v) is 4.60. The first-order valence-corrected chi connectivity index (χ1v) is 9.02. The molecule has 0 fully saturated rings. The minimum atomic E-state index is -3.82. The SMILES string of the molecule is CCOc1ccc(S(=O)(=O)N/N=C(\C)c2ccc(OC)cc2O)cc1. The van der Waals surface area contributed by atoms with Crippen molar-refractivity contribution >= 4 is 15.7 Å². The van der Waals surface area contributed by atoms with Gasteiger partial charge in [0.25, 0.3) is 10.0 Å². The average molecular weight is 364 g/mol. The maximum atomic E-state index is 12.3. The van der Waals surface area contributed by atoms with Crippen molar-refractivity contribution in [2.75, 3.05) is 13.7 Å². The second-order valence-electron chi connectivity index (χ2n) is 5.08. The molecule has 0 aliphatic rings. The summed E-state index contributed by atoms with van der Waals surface area (Å²) in [5.74, 6) is 1.02. The normalized spacial score (nSPS) is 11.9. The van der Waals surface area contributed by atoms with Crippen LogP contribution in [0.1, 0.15) is 19.4 Å². The van der Waals surface area contributed by atoms with E-state index in [9.17, 15) is 13.5 Å². The molecule has 2 N–H and O–H groups in total. The van der Waals surface area contributed by atoms with Gasteiger partial charge in [0.15, 0.2) is 0 Å². The molecular weight excluding hydrogens is 344 g/mol. The smallest absolute Gasteiger partial charge is 0.276 e. The van der Waals surface area contributed by atoms with Crippen molar-refractivity contribution < 1.29 is 23.0 Å². The maximum absolute atomic E-state index is 12.3. The van der Waals surface area contributed by atoms with E-state index < -0.39 is 10.0 Å². The number of aromatic hydroxyl groups is 1. The van der Waals surface area contributed by atoms with Crippen molar-refractivity contribution in [2.24, 2.45) is 5.10 Å². The number of phenolic OH excluding ortho intramolecular Hbond substituents is 1. The van der Waals surface area contributed by atoms with Gasteiger partial charge in [-0.1, -0.05) is 0 Å². The topological polar surface area (TPSA) is 97.2 Å². The number of hydrogen-bond acceptors (Lipinski definition) is 6. The number of ether oxygens (including phenoxy) is 2. The molecule has 0 aliphatic heterocycles. The molecule has 0 atom stereocenters. The number of nitrogens with zero attached hydrogens (tertiary/aromatic N) is 1. The maximum Gasteiger partial charge on any atom is 0.276 e. The van der Waals surface area contributed by atoms with Crippen LogP contribution in [0.25, 0.3) is 0 Å². The Morgan fingerprint density at radius 1 is 1.16 bits per heavy atom. The Hall–Kier alpha value is -2.74. The Morgan fingerprint density at radius 2 is 1.80 bits per heavy atom. The fraction of sp³-hybridized carbons (Fsp3) is 0.235. The first-order valence-electron chi connectivity index (χ1n) is 7.53. The summed E-state index contributed by atoms with van der Waals surface area (Å²) in [6, 6.07) is 10.7. The molecular formula is C17H20N2O5S. The van der Waals surface area contributed by atoms with Crippen molar-refractivity contribution in [1.29, 1.82) is 0 Å². The molecule has 0 saturated carbocycles. The van der Waals surface area contributed by atoms with E-state index in [2.05, 4.69) is 9.93 Å². The third kappa shape index (κ3) is 4.63. The summed E-state index contributed by atoms with van der Waals surface area (Å²) in [5.41, 5.74) is 0.713. The summed E-state index contributed by atoms with van der Waals surface area (Å²) in [6.45, 7) is 3.93. The summed E-state index contributed by atoms with van der Waals surface area (Å²) in [7, 11) is -2.33. The van der Waals surface area contributed by atoms with Gasteiger partial charge < -0.3 is 14.6 Å². The second kappa shape index (κ2) is 7.89. The highest BCUT2D eigenvalue weighted by Crippen LogP contribution is 2.24. The van der Waals surface area contributed by atoms with Crippen LogP contribution >= 0.6 is 0 Å². The van der Waals surface area contributed by atoms with Crippen molar-refractivity contribution in [1.82, 2.24) is 4.83 Å². The highest BCUT2D eigenvalue weighted by molar-refractivity contribution is 7.89. The molecule has 0 aliphatic carbocycles. The summed E-state index contributed by atoms with van der Waals surface area (Å²) >= 11 is 0. The van der Waals surface area contributed by atoms with Crippen LogP contribution in [0.2, 0.25) is 0 Å². The predicted octanol–water partition coefficient (Wildman–Crippen LogP) is 2.50. The van der Waals surface area contributed by atoms with E-state index in [0.717, 1.165) is 0 Å². The highest BCUT2D eigenvalue weighted by Gasteiger charge is 2.14. The van der Waals surface area contributed by atoms with E-state index in [1.807, 2.05) is 6.92 Å². The lowest BCUT2D eigenvalue weighted by atomic mass is 10.1. The van der Waals surface area contributed by atoms with E-state index in [-0.39, 0.29) is 10.6 Å². The van der Waals surface area contributed by atoms with Crippen molar-refractivity contribution in [3.63, 3.8) is 0 Å². The molecule has 8 heteroatoms. The Labute approximate surface area is 147 Å². The molecule has 0 heterocycles. The largest absolute Gasteiger partial charge is 0.507 e. The number of hydrogen-bond donors (Lipinski definition) is 2. The van der Waals surface area contributed by atoms with E-state index in [1.54, 1.807) is 31.2 Å². The highest BCUT2D eigenvalue weighted by atomic mass is 32.2. The van der Waals surface area contributed by atoms with Gasteiger partial charge in [-0.25, -0.2) is 0 Å². The van der Waals surface area contributed by atoms with E-state index >= 15 is 0 Å². The van der Waals surface area contributed by atoms with Gasteiger partial charge in [0.2, 0.25) is 0 Å². The van der Waals surface area contributed by atoms with Gasteiger partial charge >= 0.3 is 0 Å². The van der Waals surface area contributed by atoms with Crippen LogP contribution in [0.15, 0.2) is 52.5 Å². The van der Waals surface area contributed by atoms with Crippen LogP contribution in [-0.2, 0) is 10.0 Å². The fourth-order valence-corrected chi connectivity index (χ4v) is 2.92. The molecule has 0 saturated heterocycles. The number of methoxy groups -OCH3 is 1. The summed E-state index contributed by atoms with van der Waals surface area (Å²) in [6.07, 6.45) is 0. The van der Waals surface area contributed by atoms with Crippen LogP contribution < -0.4 is 14.3 Å². The van der Waals surface area contributed by atoms with Crippen LogP contribution in [0.5, 0.6) is 17.2 Å². The van der Waals surface area contributed by atoms with Crippen molar-refractivity contribution in [3.05, 3.63) is 48.0 Å². The van der Waals surface area contributed by atoms with Crippen LogP contribution in [0, 0.1) is 0 Å². The first-order chi connectivity index (χ1) is 11.9. The Bertz CT molecular complexity index is 861. The van der Waals surface area contributed by atoms with E-state index in [4.69, 9.17) is 9.47 Å². The van der Waals surface area contributed by atoms with Gasteiger partial charge in [0, 0.05) is 11.6 Å². The van der Waals surface area contributed by atoms with Crippen LogP contribution in [0.3, 0.4) is 0 Å². The van der Waals surface area contributed by atoms with Gasteiger partial charge in [-0.3, -0.25) is 0 Å². The number of hydrazone groups is 1. The zero-order chi connectivity index (χ0) is 18.4. The van der Waals surface area contributed by atoms with Gasteiger partial charge in [0.1, 0.15) is 17.2 Å². The lowest BCUT2D eigenvalue weighted by Gasteiger charge is -2.08. The fourth-order valence-electron chi connectivity index (χ4n) is 2.07. The second-order valence-corrected chi connectivity index (χ2v) is 6.74. The van der Waals surface area contributed by atoms with Crippen LogP contribution in [0.4, 0.5) is 0 Å². The average Bonchev–Trinajstić information content (AvgIpc) is 2.60. The molecule has 0 unspecified atom stereocenters. The Kier molecular flexibility index (Phi) is 5.87. The zero-order valence-corrected chi connectivity index (χ0v) is 15.0. The van der Waals surface area contributed by atoms with E-state index in [1.165, 1.54) is 25.3 Å². The zero-order valence-electron chi connectivity index (χ0n) is 14.2.